The predicted molar refractivity (Wildman–Crippen MR) is 108 cm³/mol. The molecular weight excluding hydrogens is 407 g/mol. The summed E-state index contributed by atoms with van der Waals surface area (Å²) in [5.41, 5.74) is 2.84. The zero-order chi connectivity index (χ0) is 19.8. The van der Waals surface area contributed by atoms with E-state index in [0.29, 0.717) is 17.2 Å². The molecule has 2 aromatic carbocycles. The molecule has 1 unspecified atom stereocenters. The van der Waals surface area contributed by atoms with Gasteiger partial charge >= 0.3 is 0 Å². The zero-order valence-corrected chi connectivity index (χ0v) is 17.7. The number of hydrogen-bond acceptors (Lipinski definition) is 4. The van der Waals surface area contributed by atoms with E-state index in [2.05, 4.69) is 10.8 Å². The Morgan fingerprint density at radius 3 is 2.63 bits per heavy atom. The van der Waals surface area contributed by atoms with Crippen molar-refractivity contribution in [3.8, 4) is 5.75 Å². The van der Waals surface area contributed by atoms with E-state index < -0.39 is 10.0 Å². The van der Waals surface area contributed by atoms with Gasteiger partial charge in [0.2, 0.25) is 10.0 Å². The fourth-order valence-corrected chi connectivity index (χ4v) is 4.98. The lowest BCUT2D eigenvalue weighted by Crippen LogP contribution is -2.34. The van der Waals surface area contributed by atoms with Crippen LogP contribution in [0.2, 0.25) is 10.0 Å². The van der Waals surface area contributed by atoms with Crippen molar-refractivity contribution in [2.24, 2.45) is 0 Å². The molecule has 1 aliphatic heterocycles. The van der Waals surface area contributed by atoms with E-state index in [4.69, 9.17) is 27.9 Å². The molecule has 0 spiro atoms. The lowest BCUT2D eigenvalue weighted by Gasteiger charge is -2.25. The Morgan fingerprint density at radius 1 is 1.19 bits per heavy atom. The molecule has 27 heavy (non-hydrogen) atoms. The Labute approximate surface area is 170 Å². The minimum atomic E-state index is -3.77. The van der Waals surface area contributed by atoms with E-state index in [0.717, 1.165) is 23.3 Å². The van der Waals surface area contributed by atoms with Gasteiger partial charge in [-0.05, 0) is 55.9 Å². The molecule has 1 atom stereocenters. The van der Waals surface area contributed by atoms with Gasteiger partial charge in [-0.1, -0.05) is 35.3 Å². The molecule has 5 nitrogen and oxygen atoms in total. The van der Waals surface area contributed by atoms with Gasteiger partial charge in [-0.25, -0.2) is 13.1 Å². The van der Waals surface area contributed by atoms with Crippen molar-refractivity contribution >= 4 is 33.2 Å². The maximum Gasteiger partial charge on any atom is 0.242 e. The maximum atomic E-state index is 12.8. The van der Waals surface area contributed by atoms with Crippen molar-refractivity contribution in [1.29, 1.82) is 0 Å². The summed E-state index contributed by atoms with van der Waals surface area (Å²) in [4.78, 5) is 2.01. The van der Waals surface area contributed by atoms with Gasteiger partial charge in [-0.3, -0.25) is 0 Å². The summed E-state index contributed by atoms with van der Waals surface area (Å²) in [7, 11) is 0.0673. The molecule has 1 N–H and O–H groups in total. The topological polar surface area (TPSA) is 58.6 Å². The lowest BCUT2D eigenvalue weighted by atomic mass is 10.0. The first kappa shape index (κ1) is 20.4. The molecule has 3 rings (SSSR count). The molecule has 146 valence electrons. The normalized spacial score (nSPS) is 14.9. The highest BCUT2D eigenvalue weighted by atomic mass is 35.5. The molecule has 0 amide bonds. The first-order valence-electron chi connectivity index (χ1n) is 8.56. The van der Waals surface area contributed by atoms with Gasteiger partial charge in [0.1, 0.15) is 10.6 Å². The summed E-state index contributed by atoms with van der Waals surface area (Å²) < 4.78 is 33.8. The van der Waals surface area contributed by atoms with Crippen molar-refractivity contribution in [2.45, 2.75) is 24.3 Å². The molecule has 0 saturated carbocycles. The largest absolute Gasteiger partial charge is 0.493 e. The highest BCUT2D eigenvalue weighted by molar-refractivity contribution is 7.89. The molecule has 0 aromatic heterocycles. The van der Waals surface area contributed by atoms with Crippen LogP contribution in [0.25, 0.3) is 0 Å². The molecule has 0 aliphatic carbocycles. The molecule has 0 bridgehead atoms. The number of halogens is 2. The van der Waals surface area contributed by atoms with Gasteiger partial charge in [-0.2, -0.15) is 0 Å². The van der Waals surface area contributed by atoms with Crippen LogP contribution in [-0.4, -0.2) is 40.6 Å². The quantitative estimate of drug-likeness (QED) is 0.759. The Hall–Kier alpha value is -1.31. The number of aryl methyl sites for hydroxylation is 1. The second kappa shape index (κ2) is 7.97. The van der Waals surface area contributed by atoms with Crippen LogP contribution in [0.15, 0.2) is 35.2 Å². The third kappa shape index (κ3) is 4.41. The van der Waals surface area contributed by atoms with E-state index in [-0.39, 0.29) is 22.5 Å². The number of sulfonamides is 1. The number of fused-ring (bicyclic) bond motifs is 1. The second-order valence-corrected chi connectivity index (χ2v) is 9.38. The number of likely N-dealkylation sites (N-methyl/N-ethyl adjacent to an activating group) is 1. The van der Waals surface area contributed by atoms with E-state index >= 15 is 0 Å². The number of nitrogens with zero attached hydrogens (tertiary/aromatic N) is 1. The molecular formula is C19H22Cl2N2O3S. The van der Waals surface area contributed by atoms with E-state index in [1.54, 1.807) is 6.92 Å². The van der Waals surface area contributed by atoms with Crippen LogP contribution in [-0.2, 0) is 16.4 Å². The number of hydrogen-bond donors (Lipinski definition) is 1. The minimum absolute atomic E-state index is 0.0333. The Kier molecular flexibility index (Phi) is 6.03. The highest BCUT2D eigenvalue weighted by Gasteiger charge is 2.24. The van der Waals surface area contributed by atoms with Crippen LogP contribution < -0.4 is 9.46 Å². The van der Waals surface area contributed by atoms with Crippen LogP contribution in [0.4, 0.5) is 0 Å². The van der Waals surface area contributed by atoms with Crippen molar-refractivity contribution in [3.63, 3.8) is 0 Å². The standard InChI is InChI=1S/C19H22Cl2N2O3S/c1-12-8-19(16(21)10-15(12)20)27(24,25)22-11-17(23(2)3)13-4-5-18-14(9-13)6-7-26-18/h4-5,8-10,17,22H,6-7,11H2,1-3H3. The molecule has 0 radical (unpaired) electrons. The predicted octanol–water partition coefficient (Wildman–Crippen LogP) is 3.82. The number of ether oxygens (including phenoxy) is 1. The fraction of sp³-hybridized carbons (Fsp3) is 0.368. The van der Waals surface area contributed by atoms with E-state index in [1.165, 1.54) is 12.1 Å². The van der Waals surface area contributed by atoms with Crippen molar-refractivity contribution in [2.75, 3.05) is 27.2 Å². The first-order chi connectivity index (χ1) is 12.7. The molecule has 2 aromatic rings. The molecule has 8 heteroatoms. The minimum Gasteiger partial charge on any atom is -0.493 e. The van der Waals surface area contributed by atoms with Crippen LogP contribution in [0.5, 0.6) is 5.75 Å². The van der Waals surface area contributed by atoms with Crippen LogP contribution in [0.3, 0.4) is 0 Å². The third-order valence-electron chi connectivity index (χ3n) is 4.69. The summed E-state index contributed by atoms with van der Waals surface area (Å²) in [6, 6.07) is 8.82. The van der Waals surface area contributed by atoms with E-state index in [9.17, 15) is 8.42 Å². The number of nitrogens with one attached hydrogen (secondary N) is 1. The van der Waals surface area contributed by atoms with Gasteiger partial charge < -0.3 is 9.64 Å². The smallest absolute Gasteiger partial charge is 0.242 e. The van der Waals surface area contributed by atoms with Gasteiger partial charge in [0, 0.05) is 24.0 Å². The summed E-state index contributed by atoms with van der Waals surface area (Å²) in [6.45, 7) is 2.65. The second-order valence-electron chi connectivity index (χ2n) is 6.83. The van der Waals surface area contributed by atoms with Gasteiger partial charge in [-0.15, -0.1) is 0 Å². The Morgan fingerprint density at radius 2 is 1.93 bits per heavy atom. The summed E-state index contributed by atoms with van der Waals surface area (Å²) >= 11 is 12.1. The van der Waals surface area contributed by atoms with Crippen LogP contribution in [0, 0.1) is 6.92 Å². The maximum absolute atomic E-state index is 12.8. The monoisotopic (exact) mass is 428 g/mol. The lowest BCUT2D eigenvalue weighted by molar-refractivity contribution is 0.299. The Balaban J connectivity index is 1.83. The number of rotatable bonds is 6. The molecule has 1 heterocycles. The van der Waals surface area contributed by atoms with Crippen LogP contribution in [0.1, 0.15) is 22.7 Å². The third-order valence-corrected chi connectivity index (χ3v) is 6.99. The number of benzene rings is 2. The average molecular weight is 429 g/mol. The summed E-state index contributed by atoms with van der Waals surface area (Å²) in [5.74, 6) is 0.903. The molecule has 0 saturated heterocycles. The average Bonchev–Trinajstić information content (AvgIpc) is 3.05. The van der Waals surface area contributed by atoms with Gasteiger partial charge in [0.05, 0.1) is 11.6 Å². The van der Waals surface area contributed by atoms with Crippen LogP contribution >= 0.6 is 23.2 Å². The highest BCUT2D eigenvalue weighted by Crippen LogP contribution is 2.31. The Bertz CT molecular complexity index is 962. The van der Waals surface area contributed by atoms with Crippen molar-refractivity contribution in [1.82, 2.24) is 9.62 Å². The van der Waals surface area contributed by atoms with Gasteiger partial charge in [0.25, 0.3) is 0 Å². The van der Waals surface area contributed by atoms with E-state index in [1.807, 2.05) is 31.1 Å². The first-order valence-corrected chi connectivity index (χ1v) is 10.8. The summed E-state index contributed by atoms with van der Waals surface area (Å²) in [6.07, 6.45) is 0.870. The molecule has 1 aliphatic rings. The fourth-order valence-electron chi connectivity index (χ4n) is 3.12. The zero-order valence-electron chi connectivity index (χ0n) is 15.4. The van der Waals surface area contributed by atoms with Gasteiger partial charge in [0.15, 0.2) is 0 Å². The SMILES string of the molecule is Cc1cc(S(=O)(=O)NCC(c2ccc3c(c2)CCO3)N(C)C)c(Cl)cc1Cl. The van der Waals surface area contributed by atoms with Crippen molar-refractivity contribution < 1.29 is 13.2 Å². The van der Waals surface area contributed by atoms with Crippen molar-refractivity contribution in [3.05, 3.63) is 57.1 Å². The molecule has 0 fully saturated rings. The summed E-state index contributed by atoms with van der Waals surface area (Å²) in [5, 5.41) is 0.541.